The molecular formula is C17H16IN3O. The Bertz CT molecular complexity index is 831. The van der Waals surface area contributed by atoms with Crippen molar-refractivity contribution in [1.82, 2.24) is 14.9 Å². The van der Waals surface area contributed by atoms with Gasteiger partial charge in [0.25, 0.3) is 0 Å². The van der Waals surface area contributed by atoms with Crippen LogP contribution in [0.3, 0.4) is 0 Å². The number of hydrogen-bond donors (Lipinski definition) is 0. The lowest BCUT2D eigenvalue weighted by molar-refractivity contribution is 0.0342. The summed E-state index contributed by atoms with van der Waals surface area (Å²) in [6.07, 6.45) is 0. The molecule has 0 unspecified atom stereocenters. The molecule has 0 saturated carbocycles. The van der Waals surface area contributed by atoms with Crippen LogP contribution in [0.4, 0.5) is 0 Å². The molecule has 1 fully saturated rings. The first-order valence-corrected chi connectivity index (χ1v) is 8.53. The van der Waals surface area contributed by atoms with E-state index in [9.17, 15) is 0 Å². The summed E-state index contributed by atoms with van der Waals surface area (Å²) in [6.45, 7) is 4.50. The van der Waals surface area contributed by atoms with Gasteiger partial charge in [-0.1, -0.05) is 12.1 Å². The summed E-state index contributed by atoms with van der Waals surface area (Å²) in [7, 11) is 0. The number of para-hydroxylation sites is 2. The fourth-order valence-electron chi connectivity index (χ4n) is 2.85. The Morgan fingerprint density at radius 1 is 0.955 bits per heavy atom. The number of hydrogen-bond acceptors (Lipinski definition) is 4. The quantitative estimate of drug-likeness (QED) is 0.485. The first-order valence-electron chi connectivity index (χ1n) is 7.45. The molecule has 5 heteroatoms. The first-order chi connectivity index (χ1) is 10.8. The van der Waals surface area contributed by atoms with Crippen LogP contribution in [0.5, 0.6) is 0 Å². The first kappa shape index (κ1) is 14.3. The van der Waals surface area contributed by atoms with Crippen LogP contribution in [0.1, 0.15) is 5.56 Å². The van der Waals surface area contributed by atoms with Crippen molar-refractivity contribution < 1.29 is 4.74 Å². The average molecular weight is 405 g/mol. The van der Waals surface area contributed by atoms with E-state index in [1.54, 1.807) is 0 Å². The average Bonchev–Trinajstić information content (AvgIpc) is 2.57. The van der Waals surface area contributed by atoms with Crippen molar-refractivity contribution in [2.75, 3.05) is 26.3 Å². The van der Waals surface area contributed by atoms with Crippen molar-refractivity contribution >= 4 is 44.7 Å². The minimum absolute atomic E-state index is 0.815. The summed E-state index contributed by atoms with van der Waals surface area (Å²) in [6, 6.07) is 12.3. The summed E-state index contributed by atoms with van der Waals surface area (Å²) in [5.74, 6) is 0. The van der Waals surface area contributed by atoms with Crippen LogP contribution < -0.4 is 0 Å². The van der Waals surface area contributed by atoms with E-state index in [2.05, 4.69) is 39.6 Å². The molecule has 4 rings (SSSR count). The molecule has 112 valence electrons. The van der Waals surface area contributed by atoms with Gasteiger partial charge in [-0.3, -0.25) is 4.90 Å². The number of morpholine rings is 1. The Hall–Kier alpha value is -1.31. The number of aromatic nitrogens is 2. The highest BCUT2D eigenvalue weighted by Gasteiger charge is 2.16. The molecule has 1 aliphatic rings. The van der Waals surface area contributed by atoms with E-state index in [4.69, 9.17) is 14.7 Å². The Morgan fingerprint density at radius 3 is 2.45 bits per heavy atom. The largest absolute Gasteiger partial charge is 0.379 e. The molecule has 1 aliphatic heterocycles. The molecule has 4 nitrogen and oxygen atoms in total. The highest BCUT2D eigenvalue weighted by molar-refractivity contribution is 14.1. The van der Waals surface area contributed by atoms with Gasteiger partial charge in [0.15, 0.2) is 0 Å². The molecule has 2 aromatic carbocycles. The summed E-state index contributed by atoms with van der Waals surface area (Å²) in [5.41, 5.74) is 5.19. The van der Waals surface area contributed by atoms with Gasteiger partial charge in [0.05, 0.1) is 35.3 Å². The SMILES string of the molecule is Ic1ccc2nc3ccccc3nc2c1CN1CCOCC1. The van der Waals surface area contributed by atoms with E-state index in [1.165, 1.54) is 9.13 Å². The Labute approximate surface area is 142 Å². The third-order valence-electron chi connectivity index (χ3n) is 4.04. The van der Waals surface area contributed by atoms with Gasteiger partial charge in [-0.15, -0.1) is 0 Å². The predicted molar refractivity (Wildman–Crippen MR) is 95.9 cm³/mol. The van der Waals surface area contributed by atoms with Crippen molar-refractivity contribution in [3.8, 4) is 0 Å². The summed E-state index contributed by atoms with van der Waals surface area (Å²) >= 11 is 2.40. The topological polar surface area (TPSA) is 38.2 Å². The molecule has 22 heavy (non-hydrogen) atoms. The zero-order chi connectivity index (χ0) is 14.9. The van der Waals surface area contributed by atoms with Gasteiger partial charge >= 0.3 is 0 Å². The summed E-state index contributed by atoms with van der Waals surface area (Å²) in [5, 5.41) is 0. The molecule has 0 bridgehead atoms. The van der Waals surface area contributed by atoms with Crippen LogP contribution in [0.2, 0.25) is 0 Å². The van der Waals surface area contributed by atoms with Crippen molar-refractivity contribution in [2.45, 2.75) is 6.54 Å². The molecule has 0 spiro atoms. The molecular weight excluding hydrogens is 389 g/mol. The van der Waals surface area contributed by atoms with E-state index in [1.807, 2.05) is 24.3 Å². The number of ether oxygens (including phenoxy) is 1. The second-order valence-corrected chi connectivity index (χ2v) is 6.66. The van der Waals surface area contributed by atoms with Crippen molar-refractivity contribution in [2.24, 2.45) is 0 Å². The van der Waals surface area contributed by atoms with Crippen LogP contribution in [0.15, 0.2) is 36.4 Å². The number of benzene rings is 2. The van der Waals surface area contributed by atoms with E-state index in [-0.39, 0.29) is 0 Å². The van der Waals surface area contributed by atoms with Crippen molar-refractivity contribution in [1.29, 1.82) is 0 Å². The third kappa shape index (κ3) is 2.68. The third-order valence-corrected chi connectivity index (χ3v) is 5.06. The van der Waals surface area contributed by atoms with Crippen LogP contribution in [0.25, 0.3) is 22.1 Å². The van der Waals surface area contributed by atoms with Crippen LogP contribution in [-0.2, 0) is 11.3 Å². The van der Waals surface area contributed by atoms with Gasteiger partial charge in [-0.25, -0.2) is 9.97 Å². The van der Waals surface area contributed by atoms with E-state index in [0.29, 0.717) is 0 Å². The van der Waals surface area contributed by atoms with E-state index < -0.39 is 0 Å². The van der Waals surface area contributed by atoms with Gasteiger partial charge in [-0.2, -0.15) is 0 Å². The lowest BCUT2D eigenvalue weighted by Gasteiger charge is -2.27. The van der Waals surface area contributed by atoms with Crippen LogP contribution in [-0.4, -0.2) is 41.2 Å². The maximum absolute atomic E-state index is 5.44. The fourth-order valence-corrected chi connectivity index (χ4v) is 3.46. The Balaban J connectivity index is 1.84. The molecule has 2 heterocycles. The zero-order valence-electron chi connectivity index (χ0n) is 12.1. The maximum Gasteiger partial charge on any atom is 0.0950 e. The van der Waals surface area contributed by atoms with Gasteiger partial charge in [0, 0.05) is 28.8 Å². The number of nitrogens with zero attached hydrogens (tertiary/aromatic N) is 3. The number of fused-ring (bicyclic) bond motifs is 2. The second kappa shape index (κ2) is 6.06. The summed E-state index contributed by atoms with van der Waals surface area (Å²) in [4.78, 5) is 12.1. The predicted octanol–water partition coefficient (Wildman–Crippen LogP) is 3.22. The maximum atomic E-state index is 5.44. The van der Waals surface area contributed by atoms with Gasteiger partial charge in [-0.05, 0) is 46.9 Å². The smallest absolute Gasteiger partial charge is 0.0950 e. The number of halogens is 1. The van der Waals surface area contributed by atoms with Gasteiger partial charge in [0.1, 0.15) is 0 Å². The molecule has 0 atom stereocenters. The molecule has 0 aliphatic carbocycles. The Kier molecular flexibility index (Phi) is 3.94. The summed E-state index contributed by atoms with van der Waals surface area (Å²) < 4.78 is 6.69. The molecule has 1 aromatic heterocycles. The minimum atomic E-state index is 0.815. The fraction of sp³-hybridized carbons (Fsp3) is 0.294. The van der Waals surface area contributed by atoms with E-state index in [0.717, 1.165) is 54.9 Å². The highest BCUT2D eigenvalue weighted by Crippen LogP contribution is 2.25. The van der Waals surface area contributed by atoms with Crippen LogP contribution >= 0.6 is 22.6 Å². The number of rotatable bonds is 2. The standard InChI is InChI=1S/C17H16IN3O/c18-13-5-6-16-17(12(13)11-21-7-9-22-10-8-21)20-15-4-2-1-3-14(15)19-16/h1-6H,7-11H2. The zero-order valence-corrected chi connectivity index (χ0v) is 14.3. The monoisotopic (exact) mass is 405 g/mol. The molecule has 0 amide bonds. The van der Waals surface area contributed by atoms with Crippen molar-refractivity contribution in [3.05, 3.63) is 45.5 Å². The highest BCUT2D eigenvalue weighted by atomic mass is 127. The molecule has 1 saturated heterocycles. The van der Waals surface area contributed by atoms with Crippen LogP contribution in [0, 0.1) is 3.57 Å². The van der Waals surface area contributed by atoms with Crippen molar-refractivity contribution in [3.63, 3.8) is 0 Å². The molecule has 0 N–H and O–H groups in total. The minimum Gasteiger partial charge on any atom is -0.379 e. The molecule has 3 aromatic rings. The normalized spacial score (nSPS) is 16.4. The Morgan fingerprint density at radius 2 is 1.68 bits per heavy atom. The lowest BCUT2D eigenvalue weighted by atomic mass is 10.1. The van der Waals surface area contributed by atoms with E-state index >= 15 is 0 Å². The van der Waals surface area contributed by atoms with Gasteiger partial charge in [0.2, 0.25) is 0 Å². The van der Waals surface area contributed by atoms with Gasteiger partial charge < -0.3 is 4.74 Å². The lowest BCUT2D eigenvalue weighted by Crippen LogP contribution is -2.35. The second-order valence-electron chi connectivity index (χ2n) is 5.49. The molecule has 0 radical (unpaired) electrons.